The van der Waals surface area contributed by atoms with Crippen LogP contribution in [0.15, 0.2) is 24.3 Å². The standard InChI is InChI=1S/C18H31NO2/c1-5-18(3,4)16-8-10-17(11-9-16)21-15-13-19-12-7-14-20-6-2/h8-11,19H,5-7,12-15H2,1-4H3. The second kappa shape index (κ2) is 9.80. The minimum absolute atomic E-state index is 0.237. The number of hydrogen-bond acceptors (Lipinski definition) is 3. The second-order valence-corrected chi connectivity index (χ2v) is 5.91. The van der Waals surface area contributed by atoms with E-state index >= 15 is 0 Å². The number of hydrogen-bond donors (Lipinski definition) is 1. The van der Waals surface area contributed by atoms with Crippen molar-refractivity contribution >= 4 is 0 Å². The zero-order valence-corrected chi connectivity index (χ0v) is 14.1. The zero-order valence-electron chi connectivity index (χ0n) is 14.1. The van der Waals surface area contributed by atoms with Crippen LogP contribution in [-0.4, -0.2) is 32.9 Å². The Kier molecular flexibility index (Phi) is 8.40. The largest absolute Gasteiger partial charge is 0.492 e. The van der Waals surface area contributed by atoms with Gasteiger partial charge in [0.1, 0.15) is 12.4 Å². The Bertz CT molecular complexity index is 373. The molecule has 3 nitrogen and oxygen atoms in total. The van der Waals surface area contributed by atoms with Gasteiger partial charge in [-0.25, -0.2) is 0 Å². The summed E-state index contributed by atoms with van der Waals surface area (Å²) in [7, 11) is 0. The van der Waals surface area contributed by atoms with E-state index < -0.39 is 0 Å². The number of benzene rings is 1. The molecule has 1 aromatic rings. The Morgan fingerprint density at radius 2 is 1.71 bits per heavy atom. The molecule has 0 unspecified atom stereocenters. The van der Waals surface area contributed by atoms with E-state index in [1.807, 2.05) is 6.92 Å². The molecule has 0 aliphatic heterocycles. The first-order chi connectivity index (χ1) is 10.1. The van der Waals surface area contributed by atoms with Crippen molar-refractivity contribution in [3.8, 4) is 5.75 Å². The maximum Gasteiger partial charge on any atom is 0.119 e. The molecule has 3 heteroatoms. The van der Waals surface area contributed by atoms with Gasteiger partial charge in [-0.15, -0.1) is 0 Å². The third-order valence-corrected chi connectivity index (χ3v) is 3.91. The molecule has 0 saturated carbocycles. The summed E-state index contributed by atoms with van der Waals surface area (Å²) in [6, 6.07) is 8.49. The SMILES string of the molecule is CCOCCCNCCOc1ccc(C(C)(C)CC)cc1. The average Bonchev–Trinajstić information content (AvgIpc) is 2.50. The van der Waals surface area contributed by atoms with Crippen LogP contribution >= 0.6 is 0 Å². The molecule has 0 aliphatic carbocycles. The molecular weight excluding hydrogens is 262 g/mol. The first kappa shape index (κ1) is 18.0. The van der Waals surface area contributed by atoms with Crippen molar-refractivity contribution in [3.05, 3.63) is 29.8 Å². The van der Waals surface area contributed by atoms with E-state index in [0.29, 0.717) is 6.61 Å². The van der Waals surface area contributed by atoms with Crippen molar-refractivity contribution in [1.82, 2.24) is 5.32 Å². The van der Waals surface area contributed by atoms with Crippen LogP contribution in [0.5, 0.6) is 5.75 Å². The van der Waals surface area contributed by atoms with Crippen LogP contribution in [0.4, 0.5) is 0 Å². The normalized spacial score (nSPS) is 11.6. The molecule has 1 N–H and O–H groups in total. The third kappa shape index (κ3) is 6.96. The second-order valence-electron chi connectivity index (χ2n) is 5.91. The van der Waals surface area contributed by atoms with Crippen molar-refractivity contribution in [2.75, 3.05) is 32.9 Å². The highest BCUT2D eigenvalue weighted by atomic mass is 16.5. The molecule has 0 aliphatic rings. The highest BCUT2D eigenvalue weighted by Crippen LogP contribution is 2.27. The summed E-state index contributed by atoms with van der Waals surface area (Å²) in [5, 5.41) is 3.35. The van der Waals surface area contributed by atoms with Gasteiger partial charge >= 0.3 is 0 Å². The molecule has 0 atom stereocenters. The fourth-order valence-electron chi connectivity index (χ4n) is 2.02. The van der Waals surface area contributed by atoms with Gasteiger partial charge in [-0.05, 0) is 49.4 Å². The van der Waals surface area contributed by atoms with Crippen LogP contribution in [0.3, 0.4) is 0 Å². The third-order valence-electron chi connectivity index (χ3n) is 3.91. The molecular formula is C18H31NO2. The van der Waals surface area contributed by atoms with Gasteiger partial charge in [-0.2, -0.15) is 0 Å². The minimum Gasteiger partial charge on any atom is -0.492 e. The maximum atomic E-state index is 5.74. The Hall–Kier alpha value is -1.06. The van der Waals surface area contributed by atoms with Crippen molar-refractivity contribution < 1.29 is 9.47 Å². The highest BCUT2D eigenvalue weighted by Gasteiger charge is 2.17. The van der Waals surface area contributed by atoms with Crippen LogP contribution in [0.25, 0.3) is 0 Å². The van der Waals surface area contributed by atoms with Gasteiger partial charge in [0.15, 0.2) is 0 Å². The lowest BCUT2D eigenvalue weighted by Crippen LogP contribution is -2.23. The fraction of sp³-hybridized carbons (Fsp3) is 0.667. The van der Waals surface area contributed by atoms with E-state index in [0.717, 1.165) is 44.9 Å². The van der Waals surface area contributed by atoms with Gasteiger partial charge in [0.05, 0.1) is 0 Å². The molecule has 0 saturated heterocycles. The van der Waals surface area contributed by atoms with Crippen molar-refractivity contribution in [1.29, 1.82) is 0 Å². The predicted molar refractivity (Wildman–Crippen MR) is 89.2 cm³/mol. The van der Waals surface area contributed by atoms with Crippen LogP contribution in [0, 0.1) is 0 Å². The van der Waals surface area contributed by atoms with E-state index in [2.05, 4.69) is 50.4 Å². The fourth-order valence-corrected chi connectivity index (χ4v) is 2.02. The Labute approximate surface area is 130 Å². The lowest BCUT2D eigenvalue weighted by atomic mass is 9.82. The number of nitrogens with one attached hydrogen (secondary N) is 1. The lowest BCUT2D eigenvalue weighted by Gasteiger charge is -2.23. The molecule has 0 heterocycles. The van der Waals surface area contributed by atoms with Crippen LogP contribution in [0.2, 0.25) is 0 Å². The van der Waals surface area contributed by atoms with E-state index in [4.69, 9.17) is 9.47 Å². The van der Waals surface area contributed by atoms with Gasteiger partial charge < -0.3 is 14.8 Å². The van der Waals surface area contributed by atoms with Crippen molar-refractivity contribution in [2.45, 2.75) is 46.0 Å². The van der Waals surface area contributed by atoms with Gasteiger partial charge in [0.2, 0.25) is 0 Å². The molecule has 0 amide bonds. The summed E-state index contributed by atoms with van der Waals surface area (Å²) in [5.74, 6) is 0.946. The minimum atomic E-state index is 0.237. The summed E-state index contributed by atoms with van der Waals surface area (Å²) in [4.78, 5) is 0. The zero-order chi connectivity index (χ0) is 15.6. The monoisotopic (exact) mass is 293 g/mol. The number of ether oxygens (including phenoxy) is 2. The average molecular weight is 293 g/mol. The first-order valence-corrected chi connectivity index (χ1v) is 8.12. The number of rotatable bonds is 11. The molecule has 120 valence electrons. The first-order valence-electron chi connectivity index (χ1n) is 8.12. The van der Waals surface area contributed by atoms with Crippen LogP contribution < -0.4 is 10.1 Å². The van der Waals surface area contributed by atoms with E-state index in [9.17, 15) is 0 Å². The molecule has 1 aromatic carbocycles. The molecule has 0 spiro atoms. The molecule has 0 radical (unpaired) electrons. The smallest absolute Gasteiger partial charge is 0.119 e. The summed E-state index contributed by atoms with van der Waals surface area (Å²) in [6.07, 6.45) is 2.19. The summed E-state index contributed by atoms with van der Waals surface area (Å²) in [6.45, 7) is 13.0. The van der Waals surface area contributed by atoms with Gasteiger partial charge in [0, 0.05) is 19.8 Å². The van der Waals surface area contributed by atoms with Crippen molar-refractivity contribution in [2.24, 2.45) is 0 Å². The topological polar surface area (TPSA) is 30.5 Å². The predicted octanol–water partition coefficient (Wildman–Crippen LogP) is 3.77. The molecule has 0 bridgehead atoms. The molecule has 1 rings (SSSR count). The Morgan fingerprint density at radius 3 is 2.33 bits per heavy atom. The summed E-state index contributed by atoms with van der Waals surface area (Å²) in [5.41, 5.74) is 1.60. The summed E-state index contributed by atoms with van der Waals surface area (Å²) >= 11 is 0. The van der Waals surface area contributed by atoms with Gasteiger partial charge in [0.25, 0.3) is 0 Å². The van der Waals surface area contributed by atoms with Crippen LogP contribution in [0.1, 0.15) is 46.1 Å². The molecule has 0 fully saturated rings. The van der Waals surface area contributed by atoms with Gasteiger partial charge in [-0.1, -0.05) is 32.9 Å². The van der Waals surface area contributed by atoms with Crippen molar-refractivity contribution in [3.63, 3.8) is 0 Å². The highest BCUT2D eigenvalue weighted by molar-refractivity contribution is 5.31. The Morgan fingerprint density at radius 1 is 1.00 bits per heavy atom. The molecule has 0 aromatic heterocycles. The Balaban J connectivity index is 2.18. The van der Waals surface area contributed by atoms with Gasteiger partial charge in [-0.3, -0.25) is 0 Å². The van der Waals surface area contributed by atoms with E-state index in [1.165, 1.54) is 5.56 Å². The molecule has 21 heavy (non-hydrogen) atoms. The summed E-state index contributed by atoms with van der Waals surface area (Å²) < 4.78 is 11.0. The maximum absolute atomic E-state index is 5.74. The van der Waals surface area contributed by atoms with Crippen LogP contribution in [-0.2, 0) is 10.2 Å². The lowest BCUT2D eigenvalue weighted by molar-refractivity contribution is 0.144. The van der Waals surface area contributed by atoms with E-state index in [1.54, 1.807) is 0 Å². The quantitative estimate of drug-likeness (QED) is 0.630. The van der Waals surface area contributed by atoms with E-state index in [-0.39, 0.29) is 5.41 Å².